The third-order valence-electron chi connectivity index (χ3n) is 3.59. The third-order valence-corrected chi connectivity index (χ3v) is 3.92. The van der Waals surface area contributed by atoms with E-state index in [0.29, 0.717) is 21.8 Å². The van der Waals surface area contributed by atoms with E-state index in [-0.39, 0.29) is 12.2 Å². The number of carbonyl (C=O) groups excluding carboxylic acids is 2. The van der Waals surface area contributed by atoms with Gasteiger partial charge < -0.3 is 10.4 Å². The molecule has 1 heterocycles. The zero-order valence-electron chi connectivity index (χ0n) is 11.0. The van der Waals surface area contributed by atoms with Crippen molar-refractivity contribution in [3.63, 3.8) is 0 Å². The number of ketones is 1. The minimum Gasteiger partial charge on any atom is -0.375 e. The summed E-state index contributed by atoms with van der Waals surface area (Å²) >= 11 is 5.98. The van der Waals surface area contributed by atoms with Gasteiger partial charge in [-0.05, 0) is 18.2 Å². The van der Waals surface area contributed by atoms with E-state index < -0.39 is 11.5 Å². The van der Waals surface area contributed by atoms with E-state index >= 15 is 0 Å². The van der Waals surface area contributed by atoms with Gasteiger partial charge in [-0.2, -0.15) is 0 Å². The fourth-order valence-corrected chi connectivity index (χ4v) is 2.73. The minimum atomic E-state index is -1.85. The quantitative estimate of drug-likeness (QED) is 0.857. The Kier molecular flexibility index (Phi) is 3.27. The first kappa shape index (κ1) is 13.8. The maximum Gasteiger partial charge on any atom is 0.261 e. The fourth-order valence-electron chi connectivity index (χ4n) is 2.49. The molecule has 3 rings (SSSR count). The molecule has 5 heteroatoms. The van der Waals surface area contributed by atoms with Crippen molar-refractivity contribution >= 4 is 29.0 Å². The number of halogens is 1. The molecule has 106 valence electrons. The number of benzene rings is 2. The molecule has 0 unspecified atom stereocenters. The van der Waals surface area contributed by atoms with Gasteiger partial charge in [0, 0.05) is 16.8 Å². The molecule has 2 aromatic carbocycles. The van der Waals surface area contributed by atoms with Crippen LogP contribution in [0.5, 0.6) is 0 Å². The number of aliphatic hydroxyl groups is 1. The number of para-hydroxylation sites is 1. The highest BCUT2D eigenvalue weighted by Crippen LogP contribution is 2.39. The summed E-state index contributed by atoms with van der Waals surface area (Å²) in [5.74, 6) is -0.973. The molecular formula is C16H12ClNO3. The van der Waals surface area contributed by atoms with Crippen molar-refractivity contribution < 1.29 is 14.7 Å². The van der Waals surface area contributed by atoms with Crippen molar-refractivity contribution in [1.82, 2.24) is 0 Å². The first-order valence-corrected chi connectivity index (χ1v) is 6.81. The predicted octanol–water partition coefficient (Wildman–Crippen LogP) is 2.75. The molecule has 0 saturated heterocycles. The average Bonchev–Trinajstić information content (AvgIpc) is 2.71. The molecule has 0 radical (unpaired) electrons. The zero-order valence-corrected chi connectivity index (χ0v) is 11.7. The Labute approximate surface area is 126 Å². The van der Waals surface area contributed by atoms with Gasteiger partial charge in [0.05, 0.1) is 11.4 Å². The molecule has 0 bridgehead atoms. The number of nitrogens with one attached hydrogen (secondary N) is 1. The van der Waals surface area contributed by atoms with Gasteiger partial charge in [-0.15, -0.1) is 0 Å². The third kappa shape index (κ3) is 2.22. The maximum atomic E-state index is 12.4. The number of hydrogen-bond donors (Lipinski definition) is 2. The molecule has 0 fully saturated rings. The van der Waals surface area contributed by atoms with Crippen LogP contribution in [0, 0.1) is 0 Å². The van der Waals surface area contributed by atoms with Crippen LogP contribution in [0.2, 0.25) is 5.02 Å². The molecule has 1 aliphatic rings. The lowest BCUT2D eigenvalue weighted by molar-refractivity contribution is -0.133. The van der Waals surface area contributed by atoms with E-state index in [9.17, 15) is 14.7 Å². The smallest absolute Gasteiger partial charge is 0.261 e. The van der Waals surface area contributed by atoms with Crippen LogP contribution < -0.4 is 5.32 Å². The molecule has 1 atom stereocenters. The predicted molar refractivity (Wildman–Crippen MR) is 79.4 cm³/mol. The molecule has 0 spiro atoms. The first-order chi connectivity index (χ1) is 10.0. The van der Waals surface area contributed by atoms with E-state index in [1.807, 2.05) is 0 Å². The van der Waals surface area contributed by atoms with Gasteiger partial charge in [0.2, 0.25) is 0 Å². The Balaban J connectivity index is 1.96. The number of rotatable bonds is 3. The molecule has 0 saturated carbocycles. The van der Waals surface area contributed by atoms with Crippen LogP contribution in [0.3, 0.4) is 0 Å². The van der Waals surface area contributed by atoms with Gasteiger partial charge in [-0.1, -0.05) is 41.9 Å². The van der Waals surface area contributed by atoms with Crippen LogP contribution in [-0.2, 0) is 10.4 Å². The van der Waals surface area contributed by atoms with E-state index in [0.717, 1.165) is 0 Å². The summed E-state index contributed by atoms with van der Waals surface area (Å²) in [5, 5.41) is 13.5. The number of hydrogen-bond acceptors (Lipinski definition) is 3. The second-order valence-corrected chi connectivity index (χ2v) is 5.35. The van der Waals surface area contributed by atoms with Crippen molar-refractivity contribution in [3.8, 4) is 0 Å². The standard InChI is InChI=1S/C16H12ClNO3/c17-12-7-3-1-5-10(12)14(19)9-16(21)11-6-2-4-8-13(11)18-15(16)20/h1-8,21H,9H2,(H,18,20)/t16-/m1/s1. The number of Topliss-reactive ketones (excluding diaryl/α,β-unsaturated/α-hetero) is 1. The SMILES string of the molecule is O=C(C[C@]1(O)C(=O)Nc2ccccc21)c1ccccc1Cl. The van der Waals surface area contributed by atoms with Gasteiger partial charge in [-0.25, -0.2) is 0 Å². The summed E-state index contributed by atoms with van der Waals surface area (Å²) in [6.45, 7) is 0. The number of amides is 1. The highest BCUT2D eigenvalue weighted by Gasteiger charge is 2.46. The summed E-state index contributed by atoms with van der Waals surface area (Å²) in [5.41, 5.74) is -0.621. The van der Waals surface area contributed by atoms with Crippen LogP contribution in [0.1, 0.15) is 22.3 Å². The Morgan fingerprint density at radius 3 is 2.57 bits per heavy atom. The van der Waals surface area contributed by atoms with Crippen molar-refractivity contribution in [2.75, 3.05) is 5.32 Å². The van der Waals surface area contributed by atoms with E-state index in [2.05, 4.69) is 5.32 Å². The van der Waals surface area contributed by atoms with E-state index in [1.165, 1.54) is 0 Å². The number of fused-ring (bicyclic) bond motifs is 1. The van der Waals surface area contributed by atoms with Crippen LogP contribution in [0.25, 0.3) is 0 Å². The summed E-state index contributed by atoms with van der Waals surface area (Å²) < 4.78 is 0. The monoisotopic (exact) mass is 301 g/mol. The van der Waals surface area contributed by atoms with Crippen LogP contribution in [0.4, 0.5) is 5.69 Å². The van der Waals surface area contributed by atoms with Gasteiger partial charge in [0.25, 0.3) is 5.91 Å². The second-order valence-electron chi connectivity index (χ2n) is 4.94. The fraction of sp³-hybridized carbons (Fsp3) is 0.125. The molecule has 1 aliphatic heterocycles. The molecule has 21 heavy (non-hydrogen) atoms. The van der Waals surface area contributed by atoms with Gasteiger partial charge in [0.1, 0.15) is 0 Å². The Bertz CT molecular complexity index is 744. The van der Waals surface area contributed by atoms with Crippen molar-refractivity contribution in [2.45, 2.75) is 12.0 Å². The molecule has 2 N–H and O–H groups in total. The lowest BCUT2D eigenvalue weighted by Gasteiger charge is -2.20. The zero-order chi connectivity index (χ0) is 15.0. The lowest BCUT2D eigenvalue weighted by Crippen LogP contribution is -2.36. The molecule has 1 amide bonds. The Morgan fingerprint density at radius 1 is 1.14 bits per heavy atom. The van der Waals surface area contributed by atoms with Gasteiger partial charge in [-0.3, -0.25) is 9.59 Å². The van der Waals surface area contributed by atoms with E-state index in [4.69, 9.17) is 11.6 Å². The number of anilines is 1. The lowest BCUT2D eigenvalue weighted by atomic mass is 9.88. The highest BCUT2D eigenvalue weighted by atomic mass is 35.5. The largest absolute Gasteiger partial charge is 0.375 e. The van der Waals surface area contributed by atoms with Crippen LogP contribution in [0.15, 0.2) is 48.5 Å². The Hall–Kier alpha value is -2.17. The molecule has 2 aromatic rings. The Morgan fingerprint density at radius 2 is 1.81 bits per heavy atom. The topological polar surface area (TPSA) is 66.4 Å². The minimum absolute atomic E-state index is 0.296. The summed E-state index contributed by atoms with van der Waals surface area (Å²) in [7, 11) is 0. The summed E-state index contributed by atoms with van der Waals surface area (Å²) in [4.78, 5) is 24.4. The molecule has 4 nitrogen and oxygen atoms in total. The van der Waals surface area contributed by atoms with Gasteiger partial charge in [0.15, 0.2) is 11.4 Å². The molecule has 0 aromatic heterocycles. The summed E-state index contributed by atoms with van der Waals surface area (Å²) in [6.07, 6.45) is -0.348. The van der Waals surface area contributed by atoms with Crippen molar-refractivity contribution in [1.29, 1.82) is 0 Å². The van der Waals surface area contributed by atoms with E-state index in [1.54, 1.807) is 48.5 Å². The maximum absolute atomic E-state index is 12.4. The normalized spacial score (nSPS) is 20.0. The van der Waals surface area contributed by atoms with Gasteiger partial charge >= 0.3 is 0 Å². The average molecular weight is 302 g/mol. The van der Waals surface area contributed by atoms with Crippen LogP contribution >= 0.6 is 11.6 Å². The first-order valence-electron chi connectivity index (χ1n) is 6.43. The highest BCUT2D eigenvalue weighted by molar-refractivity contribution is 6.34. The van der Waals surface area contributed by atoms with Crippen molar-refractivity contribution in [2.24, 2.45) is 0 Å². The number of carbonyl (C=O) groups is 2. The summed E-state index contributed by atoms with van der Waals surface area (Å²) in [6, 6.07) is 13.4. The second kappa shape index (κ2) is 4.98. The van der Waals surface area contributed by atoms with Crippen molar-refractivity contribution in [3.05, 3.63) is 64.7 Å². The molecular weight excluding hydrogens is 290 g/mol. The molecule has 0 aliphatic carbocycles. The van der Waals surface area contributed by atoms with Crippen LogP contribution in [-0.4, -0.2) is 16.8 Å².